The number of piperazine rings is 1. The Kier molecular flexibility index (Phi) is 5.00. The Morgan fingerprint density at radius 1 is 1.19 bits per heavy atom. The number of hydrogen-bond donors (Lipinski definition) is 1. The summed E-state index contributed by atoms with van der Waals surface area (Å²) >= 11 is 1.45. The summed E-state index contributed by atoms with van der Waals surface area (Å²) in [6.07, 6.45) is 1.27. The minimum atomic E-state index is -0.764. The average molecular weight is 309 g/mol. The quantitative estimate of drug-likeness (QED) is 0.917. The molecule has 2 amide bonds. The molecule has 21 heavy (non-hydrogen) atoms. The molecule has 0 aromatic carbocycles. The second-order valence-corrected chi connectivity index (χ2v) is 6.37. The zero-order chi connectivity index (χ0) is 15.5. The van der Waals surface area contributed by atoms with Crippen LogP contribution < -0.4 is 5.73 Å². The third kappa shape index (κ3) is 3.27. The van der Waals surface area contributed by atoms with E-state index in [2.05, 4.69) is 0 Å². The first-order chi connectivity index (χ1) is 10.0. The van der Waals surface area contributed by atoms with Crippen molar-refractivity contribution in [3.8, 4) is 0 Å². The summed E-state index contributed by atoms with van der Waals surface area (Å²) < 4.78 is 0. The Morgan fingerprint density at radius 3 is 2.24 bits per heavy atom. The summed E-state index contributed by atoms with van der Waals surface area (Å²) in [6, 6.07) is 3.71. The monoisotopic (exact) mass is 309 g/mol. The van der Waals surface area contributed by atoms with Crippen LogP contribution in [-0.4, -0.2) is 53.3 Å². The molecule has 1 fully saturated rings. The molecule has 5 nitrogen and oxygen atoms in total. The third-order valence-corrected chi connectivity index (χ3v) is 5.13. The summed E-state index contributed by atoms with van der Waals surface area (Å²) in [5.41, 5.74) is 5.41. The Labute approximate surface area is 129 Å². The number of rotatable bonds is 4. The standard InChI is InChI=1S/C15H23N3O2S/c1-3-15(16,4-2)14(20)18-9-7-17(8-10-18)13(19)12-6-5-11-21-12/h5-6,11H,3-4,7-10,16H2,1-2H3. The van der Waals surface area contributed by atoms with Crippen LogP contribution in [0.1, 0.15) is 36.4 Å². The van der Waals surface area contributed by atoms with Gasteiger partial charge in [-0.1, -0.05) is 19.9 Å². The molecule has 0 saturated carbocycles. The predicted molar refractivity (Wildman–Crippen MR) is 84.3 cm³/mol. The van der Waals surface area contributed by atoms with E-state index in [0.717, 1.165) is 4.88 Å². The molecule has 2 N–H and O–H groups in total. The number of thiophene rings is 1. The predicted octanol–water partition coefficient (Wildman–Crippen LogP) is 1.55. The second-order valence-electron chi connectivity index (χ2n) is 5.42. The molecule has 1 aliphatic rings. The van der Waals surface area contributed by atoms with Crippen LogP contribution in [0.2, 0.25) is 0 Å². The first kappa shape index (κ1) is 16.0. The highest BCUT2D eigenvalue weighted by atomic mass is 32.1. The van der Waals surface area contributed by atoms with Crippen molar-refractivity contribution in [1.29, 1.82) is 0 Å². The molecule has 1 saturated heterocycles. The van der Waals surface area contributed by atoms with Gasteiger partial charge in [0, 0.05) is 26.2 Å². The van der Waals surface area contributed by atoms with Gasteiger partial charge < -0.3 is 15.5 Å². The lowest BCUT2D eigenvalue weighted by atomic mass is 9.92. The van der Waals surface area contributed by atoms with Gasteiger partial charge in [-0.05, 0) is 24.3 Å². The Balaban J connectivity index is 1.94. The Bertz CT molecular complexity index is 489. The van der Waals surface area contributed by atoms with Crippen LogP contribution in [0.25, 0.3) is 0 Å². The van der Waals surface area contributed by atoms with E-state index in [0.29, 0.717) is 39.0 Å². The van der Waals surface area contributed by atoms with Crippen LogP contribution in [0, 0.1) is 0 Å². The van der Waals surface area contributed by atoms with E-state index in [9.17, 15) is 9.59 Å². The summed E-state index contributed by atoms with van der Waals surface area (Å²) in [5, 5.41) is 1.90. The van der Waals surface area contributed by atoms with E-state index >= 15 is 0 Å². The molecule has 0 bridgehead atoms. The smallest absolute Gasteiger partial charge is 0.264 e. The van der Waals surface area contributed by atoms with Crippen LogP contribution in [0.15, 0.2) is 17.5 Å². The minimum Gasteiger partial charge on any atom is -0.338 e. The van der Waals surface area contributed by atoms with Crippen molar-refractivity contribution in [1.82, 2.24) is 9.80 Å². The van der Waals surface area contributed by atoms with Crippen molar-refractivity contribution in [2.45, 2.75) is 32.2 Å². The molecule has 0 atom stereocenters. The molecular weight excluding hydrogens is 286 g/mol. The van der Waals surface area contributed by atoms with Crippen molar-refractivity contribution in [2.75, 3.05) is 26.2 Å². The summed E-state index contributed by atoms with van der Waals surface area (Å²) in [6.45, 7) is 6.16. The fourth-order valence-electron chi connectivity index (χ4n) is 2.54. The number of nitrogens with zero attached hydrogens (tertiary/aromatic N) is 2. The third-order valence-electron chi connectivity index (χ3n) is 4.27. The topological polar surface area (TPSA) is 66.6 Å². The van der Waals surface area contributed by atoms with Crippen LogP contribution >= 0.6 is 11.3 Å². The molecule has 1 aliphatic heterocycles. The van der Waals surface area contributed by atoms with Crippen molar-refractivity contribution in [3.05, 3.63) is 22.4 Å². The maximum Gasteiger partial charge on any atom is 0.264 e. The van der Waals surface area contributed by atoms with Gasteiger partial charge in [-0.3, -0.25) is 9.59 Å². The zero-order valence-electron chi connectivity index (χ0n) is 12.7. The minimum absolute atomic E-state index is 0.00993. The number of nitrogens with two attached hydrogens (primary N) is 1. The van der Waals surface area contributed by atoms with Gasteiger partial charge in [0.15, 0.2) is 0 Å². The summed E-state index contributed by atoms with van der Waals surface area (Å²) in [5.74, 6) is 0.0674. The van der Waals surface area contributed by atoms with Gasteiger partial charge in [-0.2, -0.15) is 0 Å². The van der Waals surface area contributed by atoms with E-state index in [1.54, 1.807) is 4.90 Å². The molecular formula is C15H23N3O2S. The Morgan fingerprint density at radius 2 is 1.76 bits per heavy atom. The van der Waals surface area contributed by atoms with Gasteiger partial charge in [0.1, 0.15) is 0 Å². The van der Waals surface area contributed by atoms with E-state index in [1.165, 1.54) is 11.3 Å². The number of carbonyl (C=O) groups is 2. The van der Waals surface area contributed by atoms with E-state index in [4.69, 9.17) is 5.73 Å². The lowest BCUT2D eigenvalue weighted by molar-refractivity contribution is -0.138. The summed E-state index contributed by atoms with van der Waals surface area (Å²) in [7, 11) is 0. The zero-order valence-corrected chi connectivity index (χ0v) is 13.5. The van der Waals surface area contributed by atoms with Crippen molar-refractivity contribution in [3.63, 3.8) is 0 Å². The molecule has 0 radical (unpaired) electrons. The first-order valence-corrected chi connectivity index (χ1v) is 8.31. The summed E-state index contributed by atoms with van der Waals surface area (Å²) in [4.78, 5) is 29.1. The fraction of sp³-hybridized carbons (Fsp3) is 0.600. The molecule has 6 heteroatoms. The van der Waals surface area contributed by atoms with Gasteiger partial charge in [0.05, 0.1) is 10.4 Å². The normalized spacial score (nSPS) is 16.1. The number of carbonyl (C=O) groups excluding carboxylic acids is 2. The number of amides is 2. The lowest BCUT2D eigenvalue weighted by Gasteiger charge is -2.39. The van der Waals surface area contributed by atoms with Crippen LogP contribution in [0.3, 0.4) is 0 Å². The molecule has 1 aromatic heterocycles. The molecule has 1 aromatic rings. The van der Waals surface area contributed by atoms with Gasteiger partial charge in [-0.15, -0.1) is 11.3 Å². The van der Waals surface area contributed by atoms with Crippen LogP contribution in [-0.2, 0) is 4.79 Å². The highest BCUT2D eigenvalue weighted by molar-refractivity contribution is 7.12. The largest absolute Gasteiger partial charge is 0.338 e. The number of hydrogen-bond acceptors (Lipinski definition) is 4. The highest BCUT2D eigenvalue weighted by Gasteiger charge is 2.36. The van der Waals surface area contributed by atoms with Crippen molar-refractivity contribution in [2.24, 2.45) is 5.73 Å². The van der Waals surface area contributed by atoms with Crippen LogP contribution in [0.5, 0.6) is 0 Å². The van der Waals surface area contributed by atoms with E-state index in [-0.39, 0.29) is 11.8 Å². The molecule has 116 valence electrons. The van der Waals surface area contributed by atoms with Crippen LogP contribution in [0.4, 0.5) is 0 Å². The highest BCUT2D eigenvalue weighted by Crippen LogP contribution is 2.18. The Hall–Kier alpha value is -1.40. The molecule has 0 unspecified atom stereocenters. The molecule has 0 aliphatic carbocycles. The SMILES string of the molecule is CCC(N)(CC)C(=O)N1CCN(C(=O)c2cccs2)CC1. The van der Waals surface area contributed by atoms with Crippen molar-refractivity contribution < 1.29 is 9.59 Å². The molecule has 2 heterocycles. The fourth-order valence-corrected chi connectivity index (χ4v) is 3.23. The van der Waals surface area contributed by atoms with E-state index in [1.807, 2.05) is 36.3 Å². The van der Waals surface area contributed by atoms with Gasteiger partial charge in [0.2, 0.25) is 5.91 Å². The maximum atomic E-state index is 12.5. The first-order valence-electron chi connectivity index (χ1n) is 7.43. The van der Waals surface area contributed by atoms with E-state index < -0.39 is 5.54 Å². The lowest BCUT2D eigenvalue weighted by Crippen LogP contribution is -2.59. The van der Waals surface area contributed by atoms with Gasteiger partial charge in [0.25, 0.3) is 5.91 Å². The van der Waals surface area contributed by atoms with Gasteiger partial charge >= 0.3 is 0 Å². The average Bonchev–Trinajstić information content (AvgIpc) is 3.07. The van der Waals surface area contributed by atoms with Crippen molar-refractivity contribution >= 4 is 23.2 Å². The molecule has 0 spiro atoms. The molecule has 2 rings (SSSR count). The van der Waals surface area contributed by atoms with Gasteiger partial charge in [-0.25, -0.2) is 0 Å². The maximum absolute atomic E-state index is 12.5. The second kappa shape index (κ2) is 6.58.